The zero-order chi connectivity index (χ0) is 9.47. The first-order valence-corrected chi connectivity index (χ1v) is 4.33. The zero-order valence-corrected chi connectivity index (χ0v) is 7.20. The molecule has 0 aliphatic heterocycles. The molecule has 0 bridgehead atoms. The molecule has 70 valence electrons. The Bertz CT molecular complexity index is 328. The summed E-state index contributed by atoms with van der Waals surface area (Å²) in [4.78, 5) is 0. The maximum atomic E-state index is 13.4. The van der Waals surface area contributed by atoms with Crippen molar-refractivity contribution in [1.29, 1.82) is 0 Å². The van der Waals surface area contributed by atoms with Crippen molar-refractivity contribution in [2.24, 2.45) is 5.73 Å². The predicted molar refractivity (Wildman–Crippen MR) is 48.0 cm³/mol. The molecular weight excluding hydrogens is 169 g/mol. The number of halogens is 1. The minimum absolute atomic E-state index is 0.0643. The summed E-state index contributed by atoms with van der Waals surface area (Å²) >= 11 is 0. The molecule has 1 aliphatic rings. The van der Waals surface area contributed by atoms with E-state index in [2.05, 4.69) is 0 Å². The number of hydrogen-bond acceptors (Lipinski definition) is 2. The maximum absolute atomic E-state index is 13.4. The third kappa shape index (κ3) is 1.08. The SMILES string of the molecule is NC[C@]1(O)c2ccccc2C[C@H]1F. The number of rotatable bonds is 1. The Morgan fingerprint density at radius 1 is 1.54 bits per heavy atom. The topological polar surface area (TPSA) is 46.2 Å². The van der Waals surface area contributed by atoms with Gasteiger partial charge < -0.3 is 10.8 Å². The van der Waals surface area contributed by atoms with Gasteiger partial charge in [0.05, 0.1) is 0 Å². The number of alkyl halides is 1. The first kappa shape index (κ1) is 8.66. The highest BCUT2D eigenvalue weighted by molar-refractivity contribution is 5.39. The second kappa shape index (κ2) is 2.79. The van der Waals surface area contributed by atoms with Gasteiger partial charge in [0.25, 0.3) is 0 Å². The number of nitrogens with two attached hydrogens (primary N) is 1. The molecule has 0 spiro atoms. The Morgan fingerprint density at radius 2 is 2.23 bits per heavy atom. The zero-order valence-electron chi connectivity index (χ0n) is 7.20. The molecular formula is C10H12FNO. The van der Waals surface area contributed by atoms with Crippen molar-refractivity contribution < 1.29 is 9.50 Å². The second-order valence-corrected chi connectivity index (χ2v) is 3.46. The molecule has 3 N–H and O–H groups in total. The summed E-state index contributed by atoms with van der Waals surface area (Å²) < 4.78 is 13.4. The van der Waals surface area contributed by atoms with Gasteiger partial charge in [-0.3, -0.25) is 0 Å². The van der Waals surface area contributed by atoms with Crippen LogP contribution in [0.5, 0.6) is 0 Å². The van der Waals surface area contributed by atoms with Crippen molar-refractivity contribution in [3.63, 3.8) is 0 Å². The fraction of sp³-hybridized carbons (Fsp3) is 0.400. The van der Waals surface area contributed by atoms with Gasteiger partial charge in [-0.05, 0) is 11.1 Å². The highest BCUT2D eigenvalue weighted by Crippen LogP contribution is 2.37. The molecule has 0 radical (unpaired) electrons. The summed E-state index contributed by atoms with van der Waals surface area (Å²) in [6, 6.07) is 7.20. The van der Waals surface area contributed by atoms with Gasteiger partial charge in [0, 0.05) is 13.0 Å². The van der Waals surface area contributed by atoms with Gasteiger partial charge in [0.2, 0.25) is 0 Å². The van der Waals surface area contributed by atoms with Gasteiger partial charge in [-0.2, -0.15) is 0 Å². The Kier molecular flexibility index (Phi) is 1.86. The number of fused-ring (bicyclic) bond motifs is 1. The summed E-state index contributed by atoms with van der Waals surface area (Å²) in [5, 5.41) is 9.92. The molecule has 0 unspecified atom stereocenters. The van der Waals surface area contributed by atoms with Crippen molar-refractivity contribution in [3.05, 3.63) is 35.4 Å². The molecule has 13 heavy (non-hydrogen) atoms. The molecule has 2 nitrogen and oxygen atoms in total. The summed E-state index contributed by atoms with van der Waals surface area (Å²) in [6.07, 6.45) is -1.00. The molecule has 0 saturated heterocycles. The van der Waals surface area contributed by atoms with Crippen LogP contribution in [0.25, 0.3) is 0 Å². The molecule has 0 amide bonds. The van der Waals surface area contributed by atoms with Crippen molar-refractivity contribution in [1.82, 2.24) is 0 Å². The van der Waals surface area contributed by atoms with E-state index in [1.54, 1.807) is 12.1 Å². The quantitative estimate of drug-likeness (QED) is 0.670. The third-order valence-electron chi connectivity index (χ3n) is 2.71. The van der Waals surface area contributed by atoms with E-state index in [-0.39, 0.29) is 13.0 Å². The summed E-state index contributed by atoms with van der Waals surface area (Å²) in [6.45, 7) is -0.0643. The molecule has 3 heteroatoms. The molecule has 2 rings (SSSR count). The minimum atomic E-state index is -1.46. The summed E-state index contributed by atoms with van der Waals surface area (Å²) in [5.74, 6) is 0. The number of aliphatic hydroxyl groups is 1. The van der Waals surface area contributed by atoms with Gasteiger partial charge in [0.15, 0.2) is 0 Å². The Balaban J connectivity index is 2.52. The average Bonchev–Trinajstić information content (AvgIpc) is 2.41. The lowest BCUT2D eigenvalue weighted by Gasteiger charge is -2.24. The van der Waals surface area contributed by atoms with Crippen molar-refractivity contribution >= 4 is 0 Å². The van der Waals surface area contributed by atoms with Crippen LogP contribution in [0.2, 0.25) is 0 Å². The van der Waals surface area contributed by atoms with Gasteiger partial charge >= 0.3 is 0 Å². The van der Waals surface area contributed by atoms with Crippen molar-refractivity contribution in [3.8, 4) is 0 Å². The predicted octanol–water partition coefficient (Wildman–Crippen LogP) is 0.727. The van der Waals surface area contributed by atoms with Crippen molar-refractivity contribution in [2.45, 2.75) is 18.2 Å². The largest absolute Gasteiger partial charge is 0.381 e. The fourth-order valence-electron chi connectivity index (χ4n) is 1.89. The van der Waals surface area contributed by atoms with Gasteiger partial charge in [0.1, 0.15) is 11.8 Å². The summed E-state index contributed by atoms with van der Waals surface area (Å²) in [5.41, 5.74) is 5.43. The highest BCUT2D eigenvalue weighted by Gasteiger charge is 2.44. The van der Waals surface area contributed by atoms with Crippen LogP contribution in [-0.2, 0) is 12.0 Å². The van der Waals surface area contributed by atoms with Crippen LogP contribution >= 0.6 is 0 Å². The maximum Gasteiger partial charge on any atom is 0.138 e. The average molecular weight is 181 g/mol. The van der Waals surface area contributed by atoms with E-state index in [0.717, 1.165) is 5.56 Å². The molecule has 1 aromatic carbocycles. The molecule has 1 aromatic rings. The van der Waals surface area contributed by atoms with E-state index < -0.39 is 11.8 Å². The standard InChI is InChI=1S/C10H12FNO/c11-9-5-7-3-1-2-4-8(7)10(9,13)6-12/h1-4,9,13H,5-6,12H2/t9-,10+/m1/s1. The smallest absolute Gasteiger partial charge is 0.138 e. The van der Waals surface area contributed by atoms with E-state index in [0.29, 0.717) is 5.56 Å². The highest BCUT2D eigenvalue weighted by atomic mass is 19.1. The van der Waals surface area contributed by atoms with Crippen LogP contribution in [0, 0.1) is 0 Å². The Morgan fingerprint density at radius 3 is 2.92 bits per heavy atom. The van der Waals surface area contributed by atoms with E-state index in [4.69, 9.17) is 5.73 Å². The molecule has 2 atom stereocenters. The first-order chi connectivity index (χ1) is 6.18. The van der Waals surface area contributed by atoms with Crippen LogP contribution in [0.15, 0.2) is 24.3 Å². The van der Waals surface area contributed by atoms with Gasteiger partial charge in [-0.1, -0.05) is 24.3 Å². The first-order valence-electron chi connectivity index (χ1n) is 4.33. The number of hydrogen-bond donors (Lipinski definition) is 2. The van der Waals surface area contributed by atoms with Crippen LogP contribution in [-0.4, -0.2) is 17.8 Å². The van der Waals surface area contributed by atoms with Crippen LogP contribution in [0.3, 0.4) is 0 Å². The van der Waals surface area contributed by atoms with Crippen LogP contribution < -0.4 is 5.73 Å². The Hall–Kier alpha value is -0.930. The van der Waals surface area contributed by atoms with Crippen molar-refractivity contribution in [2.75, 3.05) is 6.54 Å². The lowest BCUT2D eigenvalue weighted by atomic mass is 9.95. The fourth-order valence-corrected chi connectivity index (χ4v) is 1.89. The van der Waals surface area contributed by atoms with Crippen LogP contribution in [0.1, 0.15) is 11.1 Å². The van der Waals surface area contributed by atoms with E-state index >= 15 is 0 Å². The minimum Gasteiger partial charge on any atom is -0.381 e. The Labute approximate surface area is 76.2 Å². The van der Waals surface area contributed by atoms with E-state index in [1.165, 1.54) is 0 Å². The molecule has 0 saturated carbocycles. The summed E-state index contributed by atoms with van der Waals surface area (Å²) in [7, 11) is 0. The van der Waals surface area contributed by atoms with Crippen LogP contribution in [0.4, 0.5) is 4.39 Å². The monoisotopic (exact) mass is 181 g/mol. The van der Waals surface area contributed by atoms with E-state index in [9.17, 15) is 9.50 Å². The molecule has 1 aliphatic carbocycles. The van der Waals surface area contributed by atoms with Gasteiger partial charge in [-0.25, -0.2) is 4.39 Å². The molecule has 0 aromatic heterocycles. The van der Waals surface area contributed by atoms with Gasteiger partial charge in [-0.15, -0.1) is 0 Å². The molecule has 0 fully saturated rings. The third-order valence-corrected chi connectivity index (χ3v) is 2.71. The van der Waals surface area contributed by atoms with E-state index in [1.807, 2.05) is 12.1 Å². The molecule has 0 heterocycles. The number of benzene rings is 1. The second-order valence-electron chi connectivity index (χ2n) is 3.46. The normalized spacial score (nSPS) is 31.8. The lowest BCUT2D eigenvalue weighted by Crippen LogP contribution is -2.40. The lowest BCUT2D eigenvalue weighted by molar-refractivity contribution is -0.0195.